The van der Waals surface area contributed by atoms with E-state index in [9.17, 15) is 59.9 Å². The van der Waals surface area contributed by atoms with E-state index in [-0.39, 0.29) is 161 Å². The number of urea groups is 1. The number of ether oxygens (including phenoxy) is 13. The average Bonchev–Trinajstić information content (AvgIpc) is 2.31. The SMILES string of the molecule is C.CC(C)(C)OC(=O)CCCO[C@H]1CO[C@H]2[C@@H]1OC[C@H]2O[N+](=O)[O-].CC(C)(C)OC(=O)NCCBr.NC(=O)NCCO[C@H]1CO[C@H]2[C@@H]1OC[C@H]2O[N+](=O)[O-].NCCO[C@H]1CO[C@H]2[C@@H]1OC[C@H]2O[N+](=O)[O-].O=[N+]([O-])O[C@@H]1CO[C@H]2[C@@H]1OC[C@@H]2O.[C-]#[N+][O-].[K+]. The van der Waals surface area contributed by atoms with Crippen LogP contribution in [-0.2, 0) is 85.7 Å². The summed E-state index contributed by atoms with van der Waals surface area (Å²) in [7, 11) is 0. The van der Waals surface area contributed by atoms with Crippen LogP contribution in [0, 0.1) is 52.2 Å². The number of aliphatic hydroxyl groups is 1. The molecule has 8 heterocycles. The maximum atomic E-state index is 11.6. The molecule has 0 aromatic carbocycles. The largest absolute Gasteiger partial charge is 1.00 e. The topological polar surface area (TPSA) is 504 Å². The Hall–Kier alpha value is -4.30. The van der Waals surface area contributed by atoms with Crippen LogP contribution in [0.5, 0.6) is 0 Å². The van der Waals surface area contributed by atoms with Crippen molar-refractivity contribution in [3.05, 3.63) is 57.2 Å². The Balaban J connectivity index is 0.000000545. The second-order valence-electron chi connectivity index (χ2n) is 20.6. The molecule has 0 unspecified atom stereocenters. The number of esters is 1. The first-order valence-electron chi connectivity index (χ1n) is 26.3. The van der Waals surface area contributed by atoms with Gasteiger partial charge in [0, 0.05) is 38.0 Å². The number of halogens is 1. The van der Waals surface area contributed by atoms with Crippen LogP contribution >= 0.6 is 15.9 Å². The number of aliphatic hydroxyl groups excluding tert-OH is 1. The molecule has 41 heteroatoms. The number of nitrogens with one attached hydrogen (secondary N) is 2. The number of alkyl carbamates (subject to hydrolysis) is 1. The van der Waals surface area contributed by atoms with E-state index in [2.05, 4.69) is 45.9 Å². The minimum Gasteiger partial charge on any atom is -0.539 e. The van der Waals surface area contributed by atoms with Gasteiger partial charge >= 0.3 is 69.5 Å². The number of carbonyl (C=O) groups excluding carboxylic acids is 3. The molecule has 8 fully saturated rings. The van der Waals surface area contributed by atoms with Gasteiger partial charge in [-0.3, -0.25) is 9.80 Å². The summed E-state index contributed by atoms with van der Waals surface area (Å²) in [6, 6.07) is -0.624. The molecule has 8 rings (SSSR count). The van der Waals surface area contributed by atoms with E-state index in [0.717, 1.165) is 5.33 Å². The van der Waals surface area contributed by atoms with Crippen molar-refractivity contribution in [2.24, 2.45) is 11.5 Å². The zero-order valence-corrected chi connectivity index (χ0v) is 53.0. The minimum absolute atomic E-state index is 0. The molecule has 0 bridgehead atoms. The second-order valence-corrected chi connectivity index (χ2v) is 21.4. The molecule has 0 aromatic heterocycles. The number of alkyl halides is 1. The fraction of sp³-hybridized carbons (Fsp3) is 0.913. The third-order valence-electron chi connectivity index (χ3n) is 12.0. The smallest absolute Gasteiger partial charge is 0.539 e. The van der Waals surface area contributed by atoms with E-state index in [4.69, 9.17) is 84.8 Å². The molecule has 0 spiro atoms. The molecule has 16 atom stereocenters. The summed E-state index contributed by atoms with van der Waals surface area (Å²) in [4.78, 5) is 91.6. The number of amides is 3. The van der Waals surface area contributed by atoms with Crippen LogP contribution in [0.4, 0.5) is 9.59 Å². The number of primary amides is 1. The van der Waals surface area contributed by atoms with E-state index >= 15 is 0 Å². The van der Waals surface area contributed by atoms with Gasteiger partial charge in [-0.25, -0.2) is 16.2 Å². The Bertz CT molecular complexity index is 2140. The predicted octanol–water partition coefficient (Wildman–Crippen LogP) is -3.34. The standard InChI is InChI=1S/C14H23NO8.C9H15N3O7.C8H14N2O6.C7H14BrNO2.C6H9NO6.CNO.CH4.K/c1-14(2,3)22-11(16)5-4-6-19-9-7-20-13-10(23-15(17)18)8-21-12(9)13;10-9(13)11-1-2-16-5-3-17-8-6(19-12(14)15)4-18-7(5)8;9-1-2-13-5-3-14-8-6(16-10(11)12)4-15-7(5)8;1-7(2,3)11-6(10)9-5-4-8;8-3-1-11-6-4(13-7(9)10)2-12-5(3)6;1-2-3;;/h9-10,12-13H,4-8H2,1-3H3;5-8H,1-4H2,(H3,10,11,13);5-8H,1-4,9H2;4-5H2,1-3H3,(H,9,10);3-6,8H,1-2H2;;1H4;/q;;;;;-1;;+1/t9-,10+,12+,13+;2*5-,6+,7+,8+;;3-,4+,5+,6+;;;/m000.0.../s1. The van der Waals surface area contributed by atoms with Gasteiger partial charge in [0.1, 0.15) is 84.4 Å². The second kappa shape index (κ2) is 41.2. The molecule has 8 aliphatic heterocycles. The van der Waals surface area contributed by atoms with Gasteiger partial charge in [0.15, 0.2) is 24.4 Å². The van der Waals surface area contributed by atoms with Crippen molar-refractivity contribution in [3.8, 4) is 0 Å². The first kappa shape index (κ1) is 80.7. The molecule has 8 saturated heterocycles. The van der Waals surface area contributed by atoms with Crippen molar-refractivity contribution >= 4 is 34.0 Å². The van der Waals surface area contributed by atoms with Crippen molar-refractivity contribution in [3.63, 3.8) is 0 Å². The third kappa shape index (κ3) is 29.9. The summed E-state index contributed by atoms with van der Waals surface area (Å²) < 4.78 is 69.4. The van der Waals surface area contributed by atoms with Gasteiger partial charge in [-0.2, -0.15) is 0 Å². The van der Waals surface area contributed by atoms with Crippen LogP contribution in [0.15, 0.2) is 0 Å². The fourth-order valence-electron chi connectivity index (χ4n) is 8.87. The van der Waals surface area contributed by atoms with E-state index in [1.54, 1.807) is 0 Å². The Labute approximate surface area is 550 Å². The van der Waals surface area contributed by atoms with Crippen molar-refractivity contribution in [2.45, 2.75) is 171 Å². The zero-order valence-electron chi connectivity index (χ0n) is 48.3. The van der Waals surface area contributed by atoms with Gasteiger partial charge in [0.05, 0.1) is 66.1 Å². The van der Waals surface area contributed by atoms with Gasteiger partial charge in [0.2, 0.25) is 0 Å². The summed E-state index contributed by atoms with van der Waals surface area (Å²) in [5.41, 5.74) is 9.32. The summed E-state index contributed by atoms with van der Waals surface area (Å²) >= 11 is 3.19. The van der Waals surface area contributed by atoms with Gasteiger partial charge in [-0.15, -0.1) is 40.5 Å². The van der Waals surface area contributed by atoms with Gasteiger partial charge in [0.25, 0.3) is 20.3 Å². The Morgan fingerprint density at radius 1 is 0.575 bits per heavy atom. The third-order valence-corrected chi connectivity index (χ3v) is 12.4. The van der Waals surface area contributed by atoms with Gasteiger partial charge < -0.3 is 113 Å². The Morgan fingerprint density at radius 3 is 1.24 bits per heavy atom. The Morgan fingerprint density at radius 2 is 0.897 bits per heavy atom. The molecule has 496 valence electrons. The van der Waals surface area contributed by atoms with E-state index in [1.165, 1.54) is 5.01 Å². The number of nitrogens with two attached hydrogens (primary N) is 2. The number of fused-ring (bicyclic) bond motifs is 4. The number of rotatable bonds is 22. The van der Waals surface area contributed by atoms with Crippen LogP contribution < -0.4 is 73.5 Å². The number of hydrogen-bond acceptors (Lipinski definition) is 31. The molecule has 3 amide bonds. The normalized spacial score (nSPS) is 29.9. The molecular formula is C46H79BrKN9O30. The van der Waals surface area contributed by atoms with Crippen molar-refractivity contribution in [1.29, 1.82) is 0 Å². The first-order chi connectivity index (χ1) is 40.1. The Kier molecular flexibility index (Phi) is 38.2. The predicted molar refractivity (Wildman–Crippen MR) is 287 cm³/mol. The summed E-state index contributed by atoms with van der Waals surface area (Å²) in [5, 5.41) is 62.3. The van der Waals surface area contributed by atoms with Crippen LogP contribution in [0.2, 0.25) is 0 Å². The number of carbonyl (C=O) groups is 3. The minimum atomic E-state index is -0.871. The molecule has 87 heavy (non-hydrogen) atoms. The number of nitrogens with zero attached hydrogens (tertiary/aromatic N) is 5. The molecule has 0 saturated carbocycles. The van der Waals surface area contributed by atoms with Crippen molar-refractivity contribution in [2.75, 3.05) is 97.6 Å². The van der Waals surface area contributed by atoms with Gasteiger partial charge in [-0.1, -0.05) is 23.4 Å². The van der Waals surface area contributed by atoms with Crippen LogP contribution in [-0.4, -0.2) is 250 Å². The maximum Gasteiger partial charge on any atom is 1.00 e. The maximum absolute atomic E-state index is 11.6. The summed E-state index contributed by atoms with van der Waals surface area (Å²) in [6.07, 6.45) is -7.41. The zero-order chi connectivity index (χ0) is 63.4. The first-order valence-corrected chi connectivity index (χ1v) is 27.4. The van der Waals surface area contributed by atoms with Crippen LogP contribution in [0.3, 0.4) is 0 Å². The number of hydrogen-bond donors (Lipinski definition) is 5. The summed E-state index contributed by atoms with van der Waals surface area (Å²) in [5.74, 6) is -0.266. The fourth-order valence-corrected chi connectivity index (χ4v) is 9.07. The molecule has 0 radical (unpaired) electrons. The molecule has 8 aliphatic rings. The van der Waals surface area contributed by atoms with E-state index < -0.39 is 105 Å². The molecule has 0 aliphatic carbocycles. The van der Waals surface area contributed by atoms with Crippen LogP contribution in [0.25, 0.3) is 5.01 Å². The molecule has 7 N–H and O–H groups in total. The molecule has 39 nitrogen and oxygen atoms in total. The van der Waals surface area contributed by atoms with Crippen LogP contribution in [0.1, 0.15) is 61.8 Å². The summed E-state index contributed by atoms with van der Waals surface area (Å²) in [6.45, 7) is 20.1. The van der Waals surface area contributed by atoms with Gasteiger partial charge in [-0.05, 0) is 48.0 Å². The van der Waals surface area contributed by atoms with Crippen molar-refractivity contribution in [1.82, 2.24) is 10.6 Å². The van der Waals surface area contributed by atoms with Crippen molar-refractivity contribution < 1.29 is 172 Å². The quantitative estimate of drug-likeness (QED) is 0.0135. The monoisotopic (exact) mass is 1360 g/mol. The molecular weight excluding hydrogens is 1280 g/mol. The van der Waals surface area contributed by atoms with E-state index in [0.29, 0.717) is 45.9 Å². The average molecular weight is 1360 g/mol. The van der Waals surface area contributed by atoms with E-state index in [1.807, 2.05) is 41.5 Å². The molecule has 0 aromatic rings.